The fourth-order valence-electron chi connectivity index (χ4n) is 2.46. The van der Waals surface area contributed by atoms with Gasteiger partial charge in [-0.05, 0) is 24.8 Å². The van der Waals surface area contributed by atoms with Crippen molar-refractivity contribution in [1.82, 2.24) is 9.97 Å². The van der Waals surface area contributed by atoms with Crippen LogP contribution in [0.5, 0.6) is 0 Å². The highest BCUT2D eigenvalue weighted by Crippen LogP contribution is 2.28. The molecule has 18 heavy (non-hydrogen) atoms. The summed E-state index contributed by atoms with van der Waals surface area (Å²) in [5, 5.41) is 10.4. The average molecular weight is 243 g/mol. The molecule has 1 saturated carbocycles. The molecular formula is C14H17N3O. The first-order valence-corrected chi connectivity index (χ1v) is 6.33. The molecule has 4 nitrogen and oxygen atoms in total. The molecule has 0 bridgehead atoms. The molecule has 1 N–H and O–H groups in total. The summed E-state index contributed by atoms with van der Waals surface area (Å²) >= 11 is 0. The normalized spacial score (nSPS) is 22.8. The Balaban J connectivity index is 1.76. The minimum atomic E-state index is -0.0964. The van der Waals surface area contributed by atoms with Gasteiger partial charge in [0, 0.05) is 25.2 Å². The van der Waals surface area contributed by atoms with Crippen molar-refractivity contribution in [2.75, 3.05) is 18.5 Å². The van der Waals surface area contributed by atoms with Gasteiger partial charge < -0.3 is 10.0 Å². The standard InChI is InChI=1S/C14H17N3O/c1-17(9-10-6-12(18)7-10)14-15-8-11-4-2-3-5-13(11)16-14/h2-5,8,10,12,18H,6-7,9H2,1H3. The summed E-state index contributed by atoms with van der Waals surface area (Å²) in [7, 11) is 2.01. The Morgan fingerprint density at radius 1 is 1.33 bits per heavy atom. The van der Waals surface area contributed by atoms with E-state index in [0.717, 1.165) is 36.2 Å². The van der Waals surface area contributed by atoms with E-state index in [1.165, 1.54) is 0 Å². The van der Waals surface area contributed by atoms with E-state index in [1.54, 1.807) is 0 Å². The summed E-state index contributed by atoms with van der Waals surface area (Å²) in [6.07, 6.45) is 3.57. The van der Waals surface area contributed by atoms with Crippen molar-refractivity contribution in [2.24, 2.45) is 5.92 Å². The first-order valence-electron chi connectivity index (χ1n) is 6.33. The molecule has 0 saturated heterocycles. The van der Waals surface area contributed by atoms with Gasteiger partial charge in [0.1, 0.15) is 0 Å². The number of rotatable bonds is 3. The number of aromatic nitrogens is 2. The summed E-state index contributed by atoms with van der Waals surface area (Å²) in [5.74, 6) is 1.33. The molecule has 4 heteroatoms. The Bertz CT molecular complexity index is 551. The maximum Gasteiger partial charge on any atom is 0.225 e. The third-order valence-electron chi connectivity index (χ3n) is 3.56. The van der Waals surface area contributed by atoms with Crippen LogP contribution >= 0.6 is 0 Å². The molecule has 1 aromatic heterocycles. The number of hydrogen-bond donors (Lipinski definition) is 1. The van der Waals surface area contributed by atoms with Crippen LogP contribution in [0.4, 0.5) is 5.95 Å². The lowest BCUT2D eigenvalue weighted by molar-refractivity contribution is 0.0463. The van der Waals surface area contributed by atoms with Gasteiger partial charge in [0.25, 0.3) is 0 Å². The van der Waals surface area contributed by atoms with Crippen molar-refractivity contribution in [3.8, 4) is 0 Å². The molecule has 3 rings (SSSR count). The van der Waals surface area contributed by atoms with Crippen molar-refractivity contribution >= 4 is 16.9 Å². The van der Waals surface area contributed by atoms with Crippen LogP contribution in [-0.4, -0.2) is 34.8 Å². The minimum Gasteiger partial charge on any atom is -0.393 e. The van der Waals surface area contributed by atoms with Gasteiger partial charge in [0.15, 0.2) is 0 Å². The highest BCUT2D eigenvalue weighted by Gasteiger charge is 2.28. The van der Waals surface area contributed by atoms with Crippen molar-refractivity contribution in [1.29, 1.82) is 0 Å². The van der Waals surface area contributed by atoms with Gasteiger partial charge in [0.2, 0.25) is 5.95 Å². The molecule has 1 fully saturated rings. The van der Waals surface area contributed by atoms with Crippen molar-refractivity contribution in [3.63, 3.8) is 0 Å². The maximum absolute atomic E-state index is 9.29. The zero-order valence-electron chi connectivity index (χ0n) is 10.5. The van der Waals surface area contributed by atoms with E-state index in [-0.39, 0.29) is 6.10 Å². The van der Waals surface area contributed by atoms with Crippen LogP contribution in [0.15, 0.2) is 30.5 Å². The van der Waals surface area contributed by atoms with Crippen molar-refractivity contribution in [2.45, 2.75) is 18.9 Å². The van der Waals surface area contributed by atoms with E-state index in [4.69, 9.17) is 0 Å². The third kappa shape index (κ3) is 2.16. The third-order valence-corrected chi connectivity index (χ3v) is 3.56. The number of aliphatic hydroxyl groups is 1. The molecule has 1 aliphatic rings. The first kappa shape index (κ1) is 11.4. The van der Waals surface area contributed by atoms with Crippen LogP contribution in [0, 0.1) is 5.92 Å². The molecule has 2 aromatic rings. The Morgan fingerprint density at radius 2 is 2.11 bits per heavy atom. The van der Waals surface area contributed by atoms with Crippen molar-refractivity contribution in [3.05, 3.63) is 30.5 Å². The molecule has 1 aromatic carbocycles. The van der Waals surface area contributed by atoms with Crippen LogP contribution in [0.3, 0.4) is 0 Å². The Kier molecular flexibility index (Phi) is 2.88. The smallest absolute Gasteiger partial charge is 0.225 e. The number of nitrogens with zero attached hydrogens (tertiary/aromatic N) is 3. The summed E-state index contributed by atoms with van der Waals surface area (Å²) < 4.78 is 0. The van der Waals surface area contributed by atoms with Crippen molar-refractivity contribution < 1.29 is 5.11 Å². The predicted octanol–water partition coefficient (Wildman–Crippen LogP) is 1.84. The molecule has 94 valence electrons. The van der Waals surface area contributed by atoms with Gasteiger partial charge in [-0.25, -0.2) is 9.97 Å². The second-order valence-corrected chi connectivity index (χ2v) is 5.10. The lowest BCUT2D eigenvalue weighted by Crippen LogP contribution is -2.37. The number of hydrogen-bond acceptors (Lipinski definition) is 4. The van der Waals surface area contributed by atoms with Gasteiger partial charge >= 0.3 is 0 Å². The molecule has 0 unspecified atom stereocenters. The molecule has 0 atom stereocenters. The maximum atomic E-state index is 9.29. The zero-order chi connectivity index (χ0) is 12.5. The molecule has 1 heterocycles. The van der Waals surface area contributed by atoms with E-state index in [0.29, 0.717) is 5.92 Å². The summed E-state index contributed by atoms with van der Waals surface area (Å²) in [4.78, 5) is 11.0. The quantitative estimate of drug-likeness (QED) is 0.893. The highest BCUT2D eigenvalue weighted by atomic mass is 16.3. The van der Waals surface area contributed by atoms with E-state index in [1.807, 2.05) is 37.5 Å². The van der Waals surface area contributed by atoms with Gasteiger partial charge in [-0.2, -0.15) is 0 Å². The van der Waals surface area contributed by atoms with E-state index >= 15 is 0 Å². The number of aliphatic hydroxyl groups excluding tert-OH is 1. The Morgan fingerprint density at radius 3 is 2.89 bits per heavy atom. The van der Waals surface area contributed by atoms with Crippen LogP contribution in [0.1, 0.15) is 12.8 Å². The Hall–Kier alpha value is -1.68. The average Bonchev–Trinajstić information content (AvgIpc) is 2.36. The molecule has 0 radical (unpaired) electrons. The second kappa shape index (κ2) is 4.53. The van der Waals surface area contributed by atoms with E-state index < -0.39 is 0 Å². The summed E-state index contributed by atoms with van der Waals surface area (Å²) in [6.45, 7) is 0.912. The van der Waals surface area contributed by atoms with Crippen LogP contribution in [0.25, 0.3) is 10.9 Å². The lowest BCUT2D eigenvalue weighted by atomic mass is 9.82. The van der Waals surface area contributed by atoms with Gasteiger partial charge in [0.05, 0.1) is 11.6 Å². The lowest BCUT2D eigenvalue weighted by Gasteiger charge is -2.34. The Labute approximate surface area is 106 Å². The number of benzene rings is 1. The molecule has 0 amide bonds. The fourth-order valence-corrected chi connectivity index (χ4v) is 2.46. The topological polar surface area (TPSA) is 49.2 Å². The van der Waals surface area contributed by atoms with Gasteiger partial charge in [-0.3, -0.25) is 0 Å². The minimum absolute atomic E-state index is 0.0964. The summed E-state index contributed by atoms with van der Waals surface area (Å²) in [6, 6.07) is 8.00. The van der Waals surface area contributed by atoms with Gasteiger partial charge in [-0.15, -0.1) is 0 Å². The van der Waals surface area contributed by atoms with Gasteiger partial charge in [-0.1, -0.05) is 18.2 Å². The number of fused-ring (bicyclic) bond motifs is 1. The SMILES string of the molecule is CN(CC1CC(O)C1)c1ncc2ccccc2n1. The predicted molar refractivity (Wildman–Crippen MR) is 71.5 cm³/mol. The fraction of sp³-hybridized carbons (Fsp3) is 0.429. The van der Waals surface area contributed by atoms with E-state index in [2.05, 4.69) is 14.9 Å². The summed E-state index contributed by atoms with van der Waals surface area (Å²) in [5.41, 5.74) is 0.975. The highest BCUT2D eigenvalue weighted by molar-refractivity contribution is 5.78. The molecule has 0 aliphatic heterocycles. The first-order chi connectivity index (χ1) is 8.72. The zero-order valence-corrected chi connectivity index (χ0v) is 10.5. The molecule has 1 aliphatic carbocycles. The largest absolute Gasteiger partial charge is 0.393 e. The molecule has 0 spiro atoms. The number of anilines is 1. The second-order valence-electron chi connectivity index (χ2n) is 5.10. The number of para-hydroxylation sites is 1. The van der Waals surface area contributed by atoms with E-state index in [9.17, 15) is 5.11 Å². The monoisotopic (exact) mass is 243 g/mol. The van der Waals surface area contributed by atoms with Crippen LogP contribution in [0.2, 0.25) is 0 Å². The molecular weight excluding hydrogens is 226 g/mol. The van der Waals surface area contributed by atoms with Crippen LogP contribution in [-0.2, 0) is 0 Å². The van der Waals surface area contributed by atoms with Crippen LogP contribution < -0.4 is 4.90 Å².